The topological polar surface area (TPSA) is 66.9 Å². The maximum atomic E-state index is 12.9. The zero-order valence-corrected chi connectivity index (χ0v) is 23.8. The lowest BCUT2D eigenvalue weighted by Crippen LogP contribution is -2.44. The number of carbonyl (C=O) groups excluding carboxylic acids is 3. The van der Waals surface area contributed by atoms with Gasteiger partial charge in [0.15, 0.2) is 0 Å². The predicted octanol–water partition coefficient (Wildman–Crippen LogP) is 5.83. The third-order valence-corrected chi connectivity index (χ3v) is 8.21. The Morgan fingerprint density at radius 3 is 2.35 bits per heavy atom. The first-order chi connectivity index (χ1) is 16.3. The van der Waals surface area contributed by atoms with Crippen LogP contribution in [-0.4, -0.2) is 46.5 Å². The van der Waals surface area contributed by atoms with Gasteiger partial charge in [-0.15, -0.1) is 0 Å². The zero-order chi connectivity index (χ0) is 24.2. The average molecular weight is 702 g/mol. The molecule has 2 saturated heterocycles. The average Bonchev–Trinajstić information content (AvgIpc) is 3.07. The molecule has 9 heteroatoms. The number of piperidine rings is 1. The van der Waals surface area contributed by atoms with Crippen LogP contribution >= 0.6 is 56.9 Å². The van der Waals surface area contributed by atoms with Crippen LogP contribution in [0.5, 0.6) is 5.75 Å². The number of rotatable bonds is 6. The number of likely N-dealkylation sites (tertiary alicyclic amines) is 1. The molecule has 0 aromatic heterocycles. The van der Waals surface area contributed by atoms with Gasteiger partial charge in [0.05, 0.1) is 12.0 Å². The van der Waals surface area contributed by atoms with Gasteiger partial charge in [0.25, 0.3) is 11.1 Å². The van der Waals surface area contributed by atoms with Gasteiger partial charge < -0.3 is 9.64 Å². The van der Waals surface area contributed by atoms with Crippen molar-refractivity contribution in [1.82, 2.24) is 9.80 Å². The van der Waals surface area contributed by atoms with E-state index in [1.54, 1.807) is 11.0 Å². The molecule has 4 rings (SSSR count). The number of hydrogen-bond donors (Lipinski definition) is 0. The maximum absolute atomic E-state index is 12.9. The molecule has 6 nitrogen and oxygen atoms in total. The molecule has 3 amide bonds. The Morgan fingerprint density at radius 1 is 1.06 bits per heavy atom. The molecular weight excluding hydrogens is 678 g/mol. The second-order valence-electron chi connectivity index (χ2n) is 8.30. The summed E-state index contributed by atoms with van der Waals surface area (Å²) in [5.74, 6) is 0.214. The normalized spacial score (nSPS) is 17.6. The van der Waals surface area contributed by atoms with Crippen LogP contribution in [0.3, 0.4) is 0 Å². The molecule has 0 atom stereocenters. The third-order valence-electron chi connectivity index (χ3n) is 5.70. The monoisotopic (exact) mass is 702 g/mol. The highest BCUT2D eigenvalue weighted by molar-refractivity contribution is 14.1. The number of benzene rings is 2. The van der Waals surface area contributed by atoms with E-state index in [0.29, 0.717) is 24.6 Å². The fourth-order valence-corrected chi connectivity index (χ4v) is 6.77. The standard InChI is InChI=1S/C25H24I2N2O4S/c1-16-5-7-17(8-6-16)15-33-23-19(26)11-18(12-20(23)27)13-21-24(31)29(25(32)34-21)14-22(30)28-9-3-2-4-10-28/h5-8,11-13H,2-4,9-10,14-15H2,1H3/b21-13-. The molecule has 2 aromatic rings. The van der Waals surface area contributed by atoms with E-state index in [1.165, 1.54) is 5.56 Å². The molecule has 0 unspecified atom stereocenters. The SMILES string of the molecule is Cc1ccc(COc2c(I)cc(/C=C3\SC(=O)N(CC(=O)N4CCCCC4)C3=O)cc2I)cc1. The molecule has 0 aliphatic carbocycles. The number of nitrogens with zero attached hydrogens (tertiary/aromatic N) is 2. The van der Waals surface area contributed by atoms with E-state index in [9.17, 15) is 14.4 Å². The van der Waals surface area contributed by atoms with Gasteiger partial charge in [-0.1, -0.05) is 29.8 Å². The van der Waals surface area contributed by atoms with Crippen molar-refractivity contribution in [3.05, 3.63) is 65.1 Å². The van der Waals surface area contributed by atoms with Crippen LogP contribution in [0.2, 0.25) is 0 Å². The number of carbonyl (C=O) groups is 3. The summed E-state index contributed by atoms with van der Waals surface area (Å²) >= 11 is 5.33. The molecule has 2 aromatic carbocycles. The molecule has 2 aliphatic heterocycles. The summed E-state index contributed by atoms with van der Waals surface area (Å²) in [7, 11) is 0. The smallest absolute Gasteiger partial charge is 0.294 e. The van der Waals surface area contributed by atoms with E-state index in [4.69, 9.17) is 4.74 Å². The van der Waals surface area contributed by atoms with Crippen LogP contribution in [0, 0.1) is 14.1 Å². The van der Waals surface area contributed by atoms with Crippen LogP contribution in [0.4, 0.5) is 4.79 Å². The van der Waals surface area contributed by atoms with Crippen molar-refractivity contribution in [3.8, 4) is 5.75 Å². The Bertz CT molecular complexity index is 1120. The summed E-state index contributed by atoms with van der Waals surface area (Å²) in [6.45, 7) is 3.72. The summed E-state index contributed by atoms with van der Waals surface area (Å²) in [6, 6.07) is 12.1. The number of ether oxygens (including phenoxy) is 1. The molecular formula is C25H24I2N2O4S. The van der Waals surface area contributed by atoms with Gasteiger partial charge in [-0.2, -0.15) is 0 Å². The van der Waals surface area contributed by atoms with Crippen molar-refractivity contribution in [2.24, 2.45) is 0 Å². The summed E-state index contributed by atoms with van der Waals surface area (Å²) < 4.78 is 7.90. The molecule has 2 fully saturated rings. The predicted molar refractivity (Wildman–Crippen MR) is 150 cm³/mol. The largest absolute Gasteiger partial charge is 0.487 e. The van der Waals surface area contributed by atoms with Gasteiger partial charge in [0.1, 0.15) is 18.9 Å². The quantitative estimate of drug-likeness (QED) is 0.280. The van der Waals surface area contributed by atoms with Gasteiger partial charge in [-0.3, -0.25) is 19.3 Å². The van der Waals surface area contributed by atoms with Crippen molar-refractivity contribution in [1.29, 1.82) is 0 Å². The second kappa shape index (κ2) is 11.4. The molecule has 0 bridgehead atoms. The Morgan fingerprint density at radius 2 is 1.71 bits per heavy atom. The highest BCUT2D eigenvalue weighted by atomic mass is 127. The minimum absolute atomic E-state index is 0.164. The van der Waals surface area contributed by atoms with Gasteiger partial charge in [-0.25, -0.2) is 0 Å². The first-order valence-electron chi connectivity index (χ1n) is 11.0. The highest BCUT2D eigenvalue weighted by Crippen LogP contribution is 2.35. The lowest BCUT2D eigenvalue weighted by molar-refractivity contribution is -0.136. The lowest BCUT2D eigenvalue weighted by atomic mass is 10.1. The number of amides is 3. The fraction of sp³-hybridized carbons (Fsp3) is 0.320. The molecule has 0 spiro atoms. The number of aryl methyl sites for hydroxylation is 1. The van der Waals surface area contributed by atoms with E-state index in [2.05, 4.69) is 76.4 Å². The Balaban J connectivity index is 1.44. The summed E-state index contributed by atoms with van der Waals surface area (Å²) in [5, 5.41) is -0.399. The van der Waals surface area contributed by atoms with Crippen molar-refractivity contribution < 1.29 is 19.1 Å². The van der Waals surface area contributed by atoms with E-state index in [-0.39, 0.29) is 12.5 Å². The van der Waals surface area contributed by atoms with Crippen molar-refractivity contribution in [2.45, 2.75) is 32.8 Å². The summed E-state index contributed by atoms with van der Waals surface area (Å²) in [6.07, 6.45) is 4.76. The zero-order valence-electron chi connectivity index (χ0n) is 18.7. The van der Waals surface area contributed by atoms with Gasteiger partial charge in [0, 0.05) is 13.1 Å². The van der Waals surface area contributed by atoms with Crippen LogP contribution < -0.4 is 4.74 Å². The Hall–Kier alpha value is -1.60. The summed E-state index contributed by atoms with van der Waals surface area (Å²) in [5.41, 5.74) is 3.11. The molecule has 2 aliphatic rings. The summed E-state index contributed by atoms with van der Waals surface area (Å²) in [4.78, 5) is 41.0. The molecule has 0 saturated carbocycles. The molecule has 0 radical (unpaired) electrons. The van der Waals surface area contributed by atoms with Crippen molar-refractivity contribution in [2.75, 3.05) is 19.6 Å². The molecule has 0 N–H and O–H groups in total. The molecule has 2 heterocycles. The first kappa shape index (κ1) is 25.5. The second-order valence-corrected chi connectivity index (χ2v) is 11.6. The number of thioether (sulfide) groups is 1. The number of hydrogen-bond acceptors (Lipinski definition) is 5. The van der Waals surface area contributed by atoms with Crippen LogP contribution in [-0.2, 0) is 16.2 Å². The Labute approximate surface area is 230 Å². The van der Waals surface area contributed by atoms with Gasteiger partial charge in [0.2, 0.25) is 5.91 Å². The molecule has 178 valence electrons. The van der Waals surface area contributed by atoms with E-state index in [0.717, 1.165) is 59.9 Å². The van der Waals surface area contributed by atoms with E-state index >= 15 is 0 Å². The Kier molecular flexibility index (Phi) is 8.57. The van der Waals surface area contributed by atoms with Crippen LogP contribution in [0.25, 0.3) is 6.08 Å². The van der Waals surface area contributed by atoms with Crippen molar-refractivity contribution >= 4 is 80.1 Å². The molecule has 34 heavy (non-hydrogen) atoms. The third kappa shape index (κ3) is 6.14. The van der Waals surface area contributed by atoms with Crippen LogP contribution in [0.1, 0.15) is 36.0 Å². The minimum Gasteiger partial charge on any atom is -0.487 e. The maximum Gasteiger partial charge on any atom is 0.294 e. The van der Waals surface area contributed by atoms with E-state index in [1.807, 2.05) is 12.1 Å². The first-order valence-corrected chi connectivity index (χ1v) is 14.0. The highest BCUT2D eigenvalue weighted by Gasteiger charge is 2.37. The van der Waals surface area contributed by atoms with Crippen molar-refractivity contribution in [3.63, 3.8) is 0 Å². The number of imide groups is 1. The lowest BCUT2D eigenvalue weighted by Gasteiger charge is -2.27. The van der Waals surface area contributed by atoms with Gasteiger partial charge in [-0.05, 0) is 112 Å². The van der Waals surface area contributed by atoms with E-state index < -0.39 is 11.1 Å². The minimum atomic E-state index is -0.412. The van der Waals surface area contributed by atoms with Gasteiger partial charge >= 0.3 is 0 Å². The number of halogens is 2. The fourth-order valence-electron chi connectivity index (χ4n) is 3.81. The van der Waals surface area contributed by atoms with Crippen LogP contribution in [0.15, 0.2) is 41.3 Å².